The minimum atomic E-state index is -3.62. The minimum absolute atomic E-state index is 0.155. The molecule has 1 aliphatic rings. The van der Waals surface area contributed by atoms with Crippen LogP contribution in [0.25, 0.3) is 0 Å². The molecule has 0 radical (unpaired) electrons. The molecule has 0 amide bonds. The average Bonchev–Trinajstić information content (AvgIpc) is 2.77. The van der Waals surface area contributed by atoms with Gasteiger partial charge >= 0.3 is 5.97 Å². The molecule has 0 saturated carbocycles. The Balaban J connectivity index is 2.09. The average molecular weight is 346 g/mol. The Morgan fingerprint density at radius 1 is 1.26 bits per heavy atom. The molecule has 2 atom stereocenters. The Kier molecular flexibility index (Phi) is 4.07. The lowest BCUT2D eigenvalue weighted by atomic mass is 10.1. The first kappa shape index (κ1) is 14.2. The molecule has 19 heavy (non-hydrogen) atoms. The summed E-state index contributed by atoms with van der Waals surface area (Å²) < 4.78 is 27.4. The zero-order valence-corrected chi connectivity index (χ0v) is 12.2. The molecule has 0 bridgehead atoms. The summed E-state index contributed by atoms with van der Waals surface area (Å²) in [6.45, 7) is 0. The van der Waals surface area contributed by atoms with Gasteiger partial charge in [-0.2, -0.15) is 0 Å². The number of halogens is 1. The van der Waals surface area contributed by atoms with Gasteiger partial charge in [0.05, 0.1) is 10.8 Å². The molecule has 2 N–H and O–H groups in total. The normalized spacial score (nSPS) is 22.6. The van der Waals surface area contributed by atoms with Gasteiger partial charge < -0.3 is 5.11 Å². The third-order valence-corrected chi connectivity index (χ3v) is 4.87. The van der Waals surface area contributed by atoms with E-state index in [9.17, 15) is 13.2 Å². The highest BCUT2D eigenvalue weighted by atomic mass is 79.9. The second kappa shape index (κ2) is 5.44. The maximum absolute atomic E-state index is 12.1. The van der Waals surface area contributed by atoms with Crippen LogP contribution in [0.2, 0.25) is 0 Å². The smallest absolute Gasteiger partial charge is 0.310 e. The molecular weight excluding hydrogens is 334 g/mol. The fraction of sp³-hybridized carbons (Fsp3) is 0.250. The fourth-order valence-corrected chi connectivity index (χ4v) is 3.32. The van der Waals surface area contributed by atoms with Gasteiger partial charge in [0.25, 0.3) is 0 Å². The molecule has 0 aliphatic heterocycles. The maximum atomic E-state index is 12.1. The van der Waals surface area contributed by atoms with Crippen LogP contribution in [0.15, 0.2) is 45.8 Å². The molecule has 102 valence electrons. The second-order valence-electron chi connectivity index (χ2n) is 4.25. The highest BCUT2D eigenvalue weighted by molar-refractivity contribution is 9.10. The molecule has 1 aromatic carbocycles. The van der Waals surface area contributed by atoms with Crippen LogP contribution >= 0.6 is 15.9 Å². The summed E-state index contributed by atoms with van der Waals surface area (Å²) in [5.41, 5.74) is 0. The summed E-state index contributed by atoms with van der Waals surface area (Å²) >= 11 is 3.23. The first-order valence-corrected chi connectivity index (χ1v) is 7.85. The highest BCUT2D eigenvalue weighted by Crippen LogP contribution is 2.21. The van der Waals surface area contributed by atoms with E-state index in [1.165, 1.54) is 18.2 Å². The summed E-state index contributed by atoms with van der Waals surface area (Å²) in [7, 11) is -3.62. The second-order valence-corrected chi connectivity index (χ2v) is 6.88. The number of benzene rings is 1. The van der Waals surface area contributed by atoms with Crippen LogP contribution in [0, 0.1) is 5.92 Å². The predicted octanol–water partition coefficient (Wildman–Crippen LogP) is 1.76. The molecule has 1 aromatic rings. The van der Waals surface area contributed by atoms with Crippen molar-refractivity contribution < 1.29 is 18.3 Å². The number of carboxylic acids is 1. The Morgan fingerprint density at radius 2 is 1.89 bits per heavy atom. The van der Waals surface area contributed by atoms with E-state index in [1.807, 2.05) is 0 Å². The Labute approximate surface area is 119 Å². The van der Waals surface area contributed by atoms with Crippen LogP contribution in [-0.4, -0.2) is 25.5 Å². The summed E-state index contributed by atoms with van der Waals surface area (Å²) in [6.07, 6.45) is 3.33. The third-order valence-electron chi connectivity index (χ3n) is 2.83. The van der Waals surface area contributed by atoms with Crippen molar-refractivity contribution in [2.45, 2.75) is 17.4 Å². The predicted molar refractivity (Wildman–Crippen MR) is 73.1 cm³/mol. The van der Waals surface area contributed by atoms with E-state index < -0.39 is 28.0 Å². The molecule has 0 heterocycles. The van der Waals surface area contributed by atoms with E-state index in [1.54, 1.807) is 18.2 Å². The van der Waals surface area contributed by atoms with Crippen molar-refractivity contribution in [1.82, 2.24) is 4.72 Å². The van der Waals surface area contributed by atoms with Gasteiger partial charge in [0, 0.05) is 10.5 Å². The number of hydrogen-bond donors (Lipinski definition) is 2. The van der Waals surface area contributed by atoms with E-state index in [0.717, 1.165) is 4.47 Å². The van der Waals surface area contributed by atoms with E-state index in [0.29, 0.717) is 0 Å². The summed E-state index contributed by atoms with van der Waals surface area (Å²) in [4.78, 5) is 10.9. The largest absolute Gasteiger partial charge is 0.481 e. The van der Waals surface area contributed by atoms with Gasteiger partial charge in [-0.25, -0.2) is 13.1 Å². The first-order valence-electron chi connectivity index (χ1n) is 5.57. The van der Waals surface area contributed by atoms with E-state index in [-0.39, 0.29) is 11.3 Å². The Bertz CT molecular complexity index is 609. The van der Waals surface area contributed by atoms with Crippen molar-refractivity contribution >= 4 is 31.9 Å². The Hall–Kier alpha value is -1.18. The van der Waals surface area contributed by atoms with Crippen LogP contribution in [0.3, 0.4) is 0 Å². The third kappa shape index (κ3) is 3.43. The van der Waals surface area contributed by atoms with Crippen molar-refractivity contribution in [3.8, 4) is 0 Å². The number of carbonyl (C=O) groups is 1. The first-order chi connectivity index (χ1) is 8.88. The highest BCUT2D eigenvalue weighted by Gasteiger charge is 2.27. The SMILES string of the molecule is O=C(O)C1C=CC(NS(=O)(=O)c2ccc(Br)cc2)C1. The van der Waals surface area contributed by atoms with Crippen molar-refractivity contribution in [3.63, 3.8) is 0 Å². The van der Waals surface area contributed by atoms with Crippen LogP contribution in [0.4, 0.5) is 0 Å². The van der Waals surface area contributed by atoms with Gasteiger partial charge in [0.15, 0.2) is 0 Å². The van der Waals surface area contributed by atoms with E-state index in [4.69, 9.17) is 5.11 Å². The topological polar surface area (TPSA) is 83.5 Å². The Morgan fingerprint density at radius 3 is 2.42 bits per heavy atom. The number of nitrogens with one attached hydrogen (secondary N) is 1. The molecule has 5 nitrogen and oxygen atoms in total. The zero-order chi connectivity index (χ0) is 14.0. The molecule has 2 unspecified atom stereocenters. The van der Waals surface area contributed by atoms with Gasteiger partial charge in [-0.1, -0.05) is 28.1 Å². The molecule has 0 aromatic heterocycles. The summed E-state index contributed by atoms with van der Waals surface area (Å²) in [6, 6.07) is 5.77. The molecule has 1 aliphatic carbocycles. The number of rotatable bonds is 4. The summed E-state index contributed by atoms with van der Waals surface area (Å²) in [5.74, 6) is -1.57. The molecule has 0 saturated heterocycles. The number of carboxylic acid groups (broad SMARTS) is 1. The molecule has 0 fully saturated rings. The molecule has 2 rings (SSSR count). The van der Waals surface area contributed by atoms with Crippen molar-refractivity contribution in [1.29, 1.82) is 0 Å². The molecule has 7 heteroatoms. The number of sulfonamides is 1. The van der Waals surface area contributed by atoms with Gasteiger partial charge in [-0.05, 0) is 30.7 Å². The maximum Gasteiger partial charge on any atom is 0.310 e. The lowest BCUT2D eigenvalue weighted by Crippen LogP contribution is -2.33. The lowest BCUT2D eigenvalue weighted by molar-refractivity contribution is -0.140. The fourth-order valence-electron chi connectivity index (χ4n) is 1.85. The lowest BCUT2D eigenvalue weighted by Gasteiger charge is -2.12. The minimum Gasteiger partial charge on any atom is -0.481 e. The van der Waals surface area contributed by atoms with Gasteiger partial charge in [-0.15, -0.1) is 0 Å². The van der Waals surface area contributed by atoms with Crippen molar-refractivity contribution in [2.24, 2.45) is 5.92 Å². The van der Waals surface area contributed by atoms with Gasteiger partial charge in [0.2, 0.25) is 10.0 Å². The zero-order valence-electron chi connectivity index (χ0n) is 9.78. The standard InChI is InChI=1S/C12H12BrNO4S/c13-9-2-5-11(6-3-9)19(17,18)14-10-4-1-8(7-10)12(15)16/h1-6,8,10,14H,7H2,(H,15,16). The van der Waals surface area contributed by atoms with Crippen LogP contribution in [-0.2, 0) is 14.8 Å². The quantitative estimate of drug-likeness (QED) is 0.814. The molecule has 0 spiro atoms. The van der Waals surface area contributed by atoms with Crippen molar-refractivity contribution in [3.05, 3.63) is 40.9 Å². The van der Waals surface area contributed by atoms with Crippen molar-refractivity contribution in [2.75, 3.05) is 0 Å². The monoisotopic (exact) mass is 345 g/mol. The van der Waals surface area contributed by atoms with E-state index in [2.05, 4.69) is 20.7 Å². The van der Waals surface area contributed by atoms with Crippen LogP contribution in [0.1, 0.15) is 6.42 Å². The van der Waals surface area contributed by atoms with Gasteiger partial charge in [-0.3, -0.25) is 4.79 Å². The van der Waals surface area contributed by atoms with Gasteiger partial charge in [0.1, 0.15) is 0 Å². The molecular formula is C12H12BrNO4S. The van der Waals surface area contributed by atoms with E-state index >= 15 is 0 Å². The van der Waals surface area contributed by atoms with Crippen LogP contribution < -0.4 is 4.72 Å². The summed E-state index contributed by atoms with van der Waals surface area (Å²) in [5, 5.41) is 8.84. The number of aliphatic carboxylic acids is 1. The van der Waals surface area contributed by atoms with Crippen LogP contribution in [0.5, 0.6) is 0 Å². The number of hydrogen-bond acceptors (Lipinski definition) is 3.